The second kappa shape index (κ2) is 7.85. The average molecular weight is 234 g/mol. The summed E-state index contributed by atoms with van der Waals surface area (Å²) in [6.07, 6.45) is 1.62. The van der Waals surface area contributed by atoms with E-state index >= 15 is 0 Å². The topological polar surface area (TPSA) is 41.1 Å². The van der Waals surface area contributed by atoms with Gasteiger partial charge < -0.3 is 10.6 Å². The summed E-state index contributed by atoms with van der Waals surface area (Å²) in [5.74, 6) is 0.112. The van der Waals surface area contributed by atoms with Crippen LogP contribution in [0.4, 0.5) is 0 Å². The molecule has 0 aliphatic rings. The zero-order valence-corrected chi connectivity index (χ0v) is 10.8. The lowest BCUT2D eigenvalue weighted by Gasteiger charge is -2.06. The second-order valence-corrected chi connectivity index (χ2v) is 4.05. The highest BCUT2D eigenvalue weighted by Gasteiger charge is 1.98. The van der Waals surface area contributed by atoms with E-state index in [1.165, 1.54) is 11.1 Å². The van der Waals surface area contributed by atoms with E-state index in [2.05, 4.69) is 41.8 Å². The van der Waals surface area contributed by atoms with Crippen LogP contribution in [0.1, 0.15) is 31.4 Å². The molecule has 1 amide bonds. The molecule has 0 radical (unpaired) electrons. The normalized spacial score (nSPS) is 10.2. The monoisotopic (exact) mass is 234 g/mol. The Morgan fingerprint density at radius 1 is 1.12 bits per heavy atom. The van der Waals surface area contributed by atoms with E-state index in [9.17, 15) is 4.79 Å². The lowest BCUT2D eigenvalue weighted by atomic mass is 10.1. The maximum atomic E-state index is 11.2. The highest BCUT2D eigenvalue weighted by molar-refractivity contribution is 5.75. The molecule has 0 unspecified atom stereocenters. The minimum absolute atomic E-state index is 0.112. The van der Waals surface area contributed by atoms with Crippen molar-refractivity contribution in [1.29, 1.82) is 0 Å². The molecule has 3 nitrogen and oxygen atoms in total. The van der Waals surface area contributed by atoms with Crippen LogP contribution < -0.4 is 10.6 Å². The Kier molecular flexibility index (Phi) is 6.33. The van der Waals surface area contributed by atoms with Crippen LogP contribution in [0.5, 0.6) is 0 Å². The van der Waals surface area contributed by atoms with Crippen molar-refractivity contribution in [1.82, 2.24) is 10.6 Å². The molecule has 0 bridgehead atoms. The van der Waals surface area contributed by atoms with Crippen LogP contribution in [0.15, 0.2) is 24.3 Å². The van der Waals surface area contributed by atoms with Crippen molar-refractivity contribution in [3.63, 3.8) is 0 Å². The number of benzene rings is 1. The predicted octanol–water partition coefficient (Wildman–Crippen LogP) is 1.86. The van der Waals surface area contributed by atoms with Gasteiger partial charge in [0.2, 0.25) is 5.91 Å². The van der Waals surface area contributed by atoms with Crippen LogP contribution in [0.3, 0.4) is 0 Å². The number of carbonyl (C=O) groups excluding carboxylic acids is 1. The summed E-state index contributed by atoms with van der Waals surface area (Å²) >= 11 is 0. The smallest absolute Gasteiger partial charge is 0.221 e. The van der Waals surface area contributed by atoms with Gasteiger partial charge in [0.25, 0.3) is 0 Å². The Morgan fingerprint density at radius 2 is 1.76 bits per heavy atom. The van der Waals surface area contributed by atoms with Gasteiger partial charge in [-0.05, 0) is 24.5 Å². The van der Waals surface area contributed by atoms with Crippen molar-refractivity contribution in [2.24, 2.45) is 0 Å². The fourth-order valence-corrected chi connectivity index (χ4v) is 1.61. The van der Waals surface area contributed by atoms with E-state index in [1.54, 1.807) is 0 Å². The molecule has 0 aliphatic carbocycles. The zero-order valence-electron chi connectivity index (χ0n) is 10.8. The maximum Gasteiger partial charge on any atom is 0.221 e. The van der Waals surface area contributed by atoms with Gasteiger partial charge in [0.1, 0.15) is 0 Å². The number of rotatable bonds is 7. The molecular weight excluding hydrogens is 212 g/mol. The van der Waals surface area contributed by atoms with E-state index in [-0.39, 0.29) is 5.91 Å². The van der Waals surface area contributed by atoms with Gasteiger partial charge in [-0.15, -0.1) is 0 Å². The number of carbonyl (C=O) groups is 1. The lowest BCUT2D eigenvalue weighted by Crippen LogP contribution is -2.27. The first kappa shape index (κ1) is 13.7. The molecule has 0 saturated carbocycles. The minimum atomic E-state index is 0.112. The molecule has 2 N–H and O–H groups in total. The lowest BCUT2D eigenvalue weighted by molar-refractivity contribution is -0.120. The van der Waals surface area contributed by atoms with Gasteiger partial charge in [0.15, 0.2) is 0 Å². The van der Waals surface area contributed by atoms with Crippen LogP contribution in [0.2, 0.25) is 0 Å². The molecule has 3 heteroatoms. The molecule has 1 aromatic rings. The van der Waals surface area contributed by atoms with Gasteiger partial charge in [-0.2, -0.15) is 0 Å². The zero-order chi connectivity index (χ0) is 12.5. The van der Waals surface area contributed by atoms with Crippen LogP contribution in [-0.4, -0.2) is 19.0 Å². The predicted molar refractivity (Wildman–Crippen MR) is 70.8 cm³/mol. The Morgan fingerprint density at radius 3 is 2.35 bits per heavy atom. The average Bonchev–Trinajstić information content (AvgIpc) is 2.36. The summed E-state index contributed by atoms with van der Waals surface area (Å²) in [6.45, 7) is 6.34. The van der Waals surface area contributed by atoms with E-state index in [0.717, 1.165) is 19.5 Å². The van der Waals surface area contributed by atoms with Gasteiger partial charge in [-0.25, -0.2) is 0 Å². The summed E-state index contributed by atoms with van der Waals surface area (Å²) in [6, 6.07) is 8.58. The van der Waals surface area contributed by atoms with E-state index in [4.69, 9.17) is 0 Å². The van der Waals surface area contributed by atoms with Gasteiger partial charge >= 0.3 is 0 Å². The third-order valence-corrected chi connectivity index (χ3v) is 2.66. The summed E-state index contributed by atoms with van der Waals surface area (Å²) in [4.78, 5) is 11.2. The Balaban J connectivity index is 2.19. The molecule has 1 rings (SSSR count). The highest BCUT2D eigenvalue weighted by Crippen LogP contribution is 2.04. The van der Waals surface area contributed by atoms with Crippen molar-refractivity contribution in [2.45, 2.75) is 33.2 Å². The molecule has 0 atom stereocenters. The van der Waals surface area contributed by atoms with Gasteiger partial charge in [0, 0.05) is 26.1 Å². The Bertz CT molecular complexity index is 333. The maximum absolute atomic E-state index is 11.2. The van der Waals surface area contributed by atoms with Crippen LogP contribution in [0, 0.1) is 0 Å². The minimum Gasteiger partial charge on any atom is -0.356 e. The van der Waals surface area contributed by atoms with E-state index in [1.807, 2.05) is 6.92 Å². The molecule has 0 spiro atoms. The highest BCUT2D eigenvalue weighted by atomic mass is 16.1. The van der Waals surface area contributed by atoms with Crippen LogP contribution >= 0.6 is 0 Å². The van der Waals surface area contributed by atoms with Gasteiger partial charge in [0.05, 0.1) is 0 Å². The Labute approximate surface area is 104 Å². The molecule has 17 heavy (non-hydrogen) atoms. The molecular formula is C14H22N2O. The van der Waals surface area contributed by atoms with Crippen molar-refractivity contribution >= 4 is 5.91 Å². The number of hydrogen-bond donors (Lipinski definition) is 2. The largest absolute Gasteiger partial charge is 0.356 e. The summed E-state index contributed by atoms with van der Waals surface area (Å²) < 4.78 is 0. The summed E-state index contributed by atoms with van der Waals surface area (Å²) in [5, 5.41) is 6.05. The van der Waals surface area contributed by atoms with Crippen molar-refractivity contribution in [3.05, 3.63) is 35.4 Å². The third-order valence-electron chi connectivity index (χ3n) is 2.66. The molecule has 0 aromatic heterocycles. The SMILES string of the molecule is CCNC(=O)CCNCc1ccc(CC)cc1. The number of aryl methyl sites for hydroxylation is 1. The fourth-order valence-electron chi connectivity index (χ4n) is 1.61. The third kappa shape index (κ3) is 5.50. The standard InChI is InChI=1S/C14H22N2O/c1-3-12-5-7-13(8-6-12)11-15-10-9-14(17)16-4-2/h5-8,15H,3-4,9-11H2,1-2H3,(H,16,17). The summed E-state index contributed by atoms with van der Waals surface area (Å²) in [7, 11) is 0. The number of amides is 1. The Hall–Kier alpha value is -1.35. The first-order valence-electron chi connectivity index (χ1n) is 6.31. The van der Waals surface area contributed by atoms with E-state index < -0.39 is 0 Å². The van der Waals surface area contributed by atoms with E-state index in [0.29, 0.717) is 13.0 Å². The molecule has 0 aliphatic heterocycles. The molecule has 0 heterocycles. The van der Waals surface area contributed by atoms with Crippen LogP contribution in [0.25, 0.3) is 0 Å². The molecule has 1 aromatic carbocycles. The molecule has 0 saturated heterocycles. The number of hydrogen-bond acceptors (Lipinski definition) is 2. The van der Waals surface area contributed by atoms with Crippen molar-refractivity contribution in [3.8, 4) is 0 Å². The first-order valence-corrected chi connectivity index (χ1v) is 6.31. The van der Waals surface area contributed by atoms with Crippen LogP contribution in [-0.2, 0) is 17.8 Å². The second-order valence-electron chi connectivity index (χ2n) is 4.05. The number of nitrogens with one attached hydrogen (secondary N) is 2. The molecule has 94 valence electrons. The van der Waals surface area contributed by atoms with Gasteiger partial charge in [-0.3, -0.25) is 4.79 Å². The molecule has 0 fully saturated rings. The van der Waals surface area contributed by atoms with Crippen molar-refractivity contribution < 1.29 is 4.79 Å². The quantitative estimate of drug-likeness (QED) is 0.707. The van der Waals surface area contributed by atoms with Crippen molar-refractivity contribution in [2.75, 3.05) is 13.1 Å². The van der Waals surface area contributed by atoms with Gasteiger partial charge in [-0.1, -0.05) is 31.2 Å². The first-order chi connectivity index (χ1) is 8.26. The fraction of sp³-hybridized carbons (Fsp3) is 0.500. The summed E-state index contributed by atoms with van der Waals surface area (Å²) in [5.41, 5.74) is 2.62.